The third kappa shape index (κ3) is 3.60. The topological polar surface area (TPSA) is 44.5 Å². The van der Waals surface area contributed by atoms with Gasteiger partial charge in [0.05, 0.1) is 24.5 Å². The van der Waals surface area contributed by atoms with Crippen LogP contribution < -0.4 is 9.47 Å². The fraction of sp³-hybridized carbons (Fsp3) is 0.227. The van der Waals surface area contributed by atoms with Crippen LogP contribution in [-0.4, -0.2) is 12.1 Å². The minimum atomic E-state index is -0.207. The summed E-state index contributed by atoms with van der Waals surface area (Å²) in [5, 5.41) is 4.72. The van der Waals surface area contributed by atoms with Crippen molar-refractivity contribution in [2.45, 2.75) is 25.9 Å². The Kier molecular flexibility index (Phi) is 5.04. The van der Waals surface area contributed by atoms with Crippen molar-refractivity contribution in [2.75, 3.05) is 7.11 Å². The van der Waals surface area contributed by atoms with Crippen LogP contribution in [0.15, 0.2) is 58.5 Å². The molecule has 0 aliphatic carbocycles. The summed E-state index contributed by atoms with van der Waals surface area (Å²) in [4.78, 5) is 4.81. The van der Waals surface area contributed by atoms with Gasteiger partial charge in [-0.2, -0.15) is 0 Å². The number of fused-ring (bicyclic) bond motifs is 1. The highest BCUT2D eigenvalue weighted by Crippen LogP contribution is 2.35. The third-order valence-electron chi connectivity index (χ3n) is 4.77. The van der Waals surface area contributed by atoms with Gasteiger partial charge in [-0.3, -0.25) is 0 Å². The van der Waals surface area contributed by atoms with E-state index in [1.54, 1.807) is 24.7 Å². The molecular formula is C22H20ClNO3S. The lowest BCUT2D eigenvalue weighted by atomic mass is 9.85. The fourth-order valence-electron chi connectivity index (χ4n) is 3.05. The number of nitrogens with zero attached hydrogens (tertiary/aromatic N) is 1. The van der Waals surface area contributed by atoms with Crippen LogP contribution in [0.5, 0.6) is 11.5 Å². The number of hydrogen-bond donors (Lipinski definition) is 0. The van der Waals surface area contributed by atoms with Gasteiger partial charge in [-0.05, 0) is 37.6 Å². The molecule has 0 unspecified atom stereocenters. The van der Waals surface area contributed by atoms with Crippen LogP contribution in [0.25, 0.3) is 11.0 Å². The molecular weight excluding hydrogens is 394 g/mol. The Hall–Kier alpha value is -2.50. The number of halogens is 1. The van der Waals surface area contributed by atoms with E-state index in [4.69, 9.17) is 30.5 Å². The van der Waals surface area contributed by atoms with Crippen LogP contribution in [0.1, 0.15) is 30.1 Å². The van der Waals surface area contributed by atoms with E-state index in [1.165, 1.54) is 5.56 Å². The second-order valence-electron chi connectivity index (χ2n) is 7.02. The van der Waals surface area contributed by atoms with Crippen molar-refractivity contribution in [3.8, 4) is 11.5 Å². The molecule has 0 aliphatic heterocycles. The van der Waals surface area contributed by atoms with Crippen molar-refractivity contribution in [3.63, 3.8) is 0 Å². The second-order valence-corrected chi connectivity index (χ2v) is 8.32. The molecule has 0 saturated carbocycles. The summed E-state index contributed by atoms with van der Waals surface area (Å²) in [6.07, 6.45) is 1.65. The Balaban J connectivity index is 1.54. The molecule has 144 valence electrons. The molecule has 0 amide bonds. The molecule has 0 bridgehead atoms. The SMILES string of the molecule is COc1cc(OCc2csc(C(C)(C)c3ccc(Cl)cc3)n2)c2ccoc2c1. The summed E-state index contributed by atoms with van der Waals surface area (Å²) in [6.45, 7) is 4.70. The molecule has 6 heteroatoms. The van der Waals surface area contributed by atoms with Gasteiger partial charge in [-0.1, -0.05) is 23.7 Å². The van der Waals surface area contributed by atoms with Gasteiger partial charge < -0.3 is 13.9 Å². The predicted octanol–water partition coefficient (Wildman–Crippen LogP) is 6.46. The minimum absolute atomic E-state index is 0.207. The van der Waals surface area contributed by atoms with Crippen molar-refractivity contribution in [2.24, 2.45) is 0 Å². The van der Waals surface area contributed by atoms with E-state index < -0.39 is 0 Å². The maximum absolute atomic E-state index is 6.04. The number of furan rings is 1. The van der Waals surface area contributed by atoms with Crippen LogP contribution >= 0.6 is 22.9 Å². The van der Waals surface area contributed by atoms with Crippen molar-refractivity contribution in [1.82, 2.24) is 4.98 Å². The smallest absolute Gasteiger partial charge is 0.141 e. The zero-order valence-corrected chi connectivity index (χ0v) is 17.4. The second kappa shape index (κ2) is 7.49. The van der Waals surface area contributed by atoms with Crippen molar-refractivity contribution in [1.29, 1.82) is 0 Å². The average Bonchev–Trinajstić information content (AvgIpc) is 3.36. The lowest BCUT2D eigenvalue weighted by Gasteiger charge is -2.22. The Labute approximate surface area is 172 Å². The van der Waals surface area contributed by atoms with E-state index in [0.29, 0.717) is 12.4 Å². The zero-order chi connectivity index (χ0) is 19.7. The van der Waals surface area contributed by atoms with Crippen molar-refractivity contribution in [3.05, 3.63) is 75.4 Å². The van der Waals surface area contributed by atoms with E-state index >= 15 is 0 Å². The number of thiazole rings is 1. The van der Waals surface area contributed by atoms with Gasteiger partial charge in [0, 0.05) is 28.0 Å². The fourth-order valence-corrected chi connectivity index (χ4v) is 4.13. The first-order chi connectivity index (χ1) is 13.5. The molecule has 4 rings (SSSR count). The Morgan fingerprint density at radius 1 is 1.14 bits per heavy atom. The molecule has 0 saturated heterocycles. The van der Waals surface area contributed by atoms with Gasteiger partial charge in [0.1, 0.15) is 28.7 Å². The van der Waals surface area contributed by atoms with Crippen LogP contribution in [-0.2, 0) is 12.0 Å². The van der Waals surface area contributed by atoms with Gasteiger partial charge in [0.25, 0.3) is 0 Å². The van der Waals surface area contributed by atoms with E-state index in [9.17, 15) is 0 Å². The van der Waals surface area contributed by atoms with Gasteiger partial charge in [-0.15, -0.1) is 11.3 Å². The zero-order valence-electron chi connectivity index (χ0n) is 15.9. The number of hydrogen-bond acceptors (Lipinski definition) is 5. The quantitative estimate of drug-likeness (QED) is 0.364. The number of aromatic nitrogens is 1. The molecule has 0 N–H and O–H groups in total. The predicted molar refractivity (Wildman–Crippen MR) is 113 cm³/mol. The molecule has 0 atom stereocenters. The summed E-state index contributed by atoms with van der Waals surface area (Å²) in [5.74, 6) is 1.41. The number of rotatable bonds is 6. The van der Waals surface area contributed by atoms with Gasteiger partial charge in [0.15, 0.2) is 0 Å². The largest absolute Gasteiger partial charge is 0.496 e. The normalized spacial score (nSPS) is 11.7. The van der Waals surface area contributed by atoms with Crippen LogP contribution in [0.2, 0.25) is 5.02 Å². The number of ether oxygens (including phenoxy) is 2. The molecule has 2 aromatic carbocycles. The molecule has 2 aromatic heterocycles. The van der Waals surface area contributed by atoms with Crippen LogP contribution in [0, 0.1) is 0 Å². The monoisotopic (exact) mass is 413 g/mol. The Morgan fingerprint density at radius 2 is 1.93 bits per heavy atom. The lowest BCUT2D eigenvalue weighted by molar-refractivity contribution is 0.303. The van der Waals surface area contributed by atoms with Crippen molar-refractivity contribution < 1.29 is 13.9 Å². The first-order valence-corrected chi connectivity index (χ1v) is 10.1. The standard InChI is InChI=1S/C22H20ClNO3S/c1-22(2,14-4-6-15(23)7-5-14)21-24-16(13-28-21)12-27-20-11-17(25-3)10-19-18(20)8-9-26-19/h4-11,13H,12H2,1-3H3. The molecule has 4 aromatic rings. The molecule has 4 nitrogen and oxygen atoms in total. The highest BCUT2D eigenvalue weighted by Gasteiger charge is 2.26. The highest BCUT2D eigenvalue weighted by atomic mass is 35.5. The molecule has 2 heterocycles. The van der Waals surface area contributed by atoms with Gasteiger partial charge in [0.2, 0.25) is 0 Å². The average molecular weight is 414 g/mol. The van der Waals surface area contributed by atoms with Crippen molar-refractivity contribution >= 4 is 33.9 Å². The molecule has 0 radical (unpaired) electrons. The summed E-state index contributed by atoms with van der Waals surface area (Å²) >= 11 is 7.66. The van der Waals surface area contributed by atoms with E-state index in [1.807, 2.05) is 47.8 Å². The first-order valence-electron chi connectivity index (χ1n) is 8.86. The molecule has 0 fully saturated rings. The summed E-state index contributed by atoms with van der Waals surface area (Å²) in [5.41, 5.74) is 2.59. The van der Waals surface area contributed by atoms with E-state index in [0.717, 1.165) is 32.4 Å². The number of benzene rings is 2. The maximum atomic E-state index is 6.04. The molecule has 0 spiro atoms. The Morgan fingerprint density at radius 3 is 2.68 bits per heavy atom. The van der Waals surface area contributed by atoms with Gasteiger partial charge >= 0.3 is 0 Å². The third-order valence-corrected chi connectivity index (χ3v) is 6.24. The lowest BCUT2D eigenvalue weighted by Crippen LogP contribution is -2.18. The van der Waals surface area contributed by atoms with E-state index in [2.05, 4.69) is 13.8 Å². The maximum Gasteiger partial charge on any atom is 0.141 e. The van der Waals surface area contributed by atoms with Crippen LogP contribution in [0.4, 0.5) is 0 Å². The van der Waals surface area contributed by atoms with E-state index in [-0.39, 0.29) is 5.41 Å². The number of methoxy groups -OCH3 is 1. The minimum Gasteiger partial charge on any atom is -0.496 e. The molecule has 0 aliphatic rings. The van der Waals surface area contributed by atoms with Gasteiger partial charge in [-0.25, -0.2) is 4.98 Å². The molecule has 28 heavy (non-hydrogen) atoms. The summed E-state index contributed by atoms with van der Waals surface area (Å²) in [7, 11) is 1.62. The Bertz CT molecular complexity index is 1100. The summed E-state index contributed by atoms with van der Waals surface area (Å²) in [6, 6.07) is 13.5. The first kappa shape index (κ1) is 18.8. The highest BCUT2D eigenvalue weighted by molar-refractivity contribution is 7.09. The summed E-state index contributed by atoms with van der Waals surface area (Å²) < 4.78 is 16.8. The van der Waals surface area contributed by atoms with Crippen LogP contribution in [0.3, 0.4) is 0 Å².